The van der Waals surface area contributed by atoms with Crippen LogP contribution in [0.25, 0.3) is 0 Å². The van der Waals surface area contributed by atoms with Crippen LogP contribution in [-0.4, -0.2) is 31.1 Å². The number of carbonyl (C=O) groups excluding carboxylic acids is 1. The van der Waals surface area contributed by atoms with Crippen molar-refractivity contribution in [3.05, 3.63) is 29.6 Å². The van der Waals surface area contributed by atoms with Crippen molar-refractivity contribution >= 4 is 12.0 Å². The van der Waals surface area contributed by atoms with Crippen molar-refractivity contribution in [2.24, 2.45) is 0 Å². The second kappa shape index (κ2) is 5.61. The number of benzene rings is 1. The number of halogens is 1. The molecule has 0 radical (unpaired) electrons. The molecule has 16 heavy (non-hydrogen) atoms. The Morgan fingerprint density at radius 1 is 1.56 bits per heavy atom. The highest BCUT2D eigenvalue weighted by molar-refractivity contribution is 5.84. The third kappa shape index (κ3) is 3.03. The highest BCUT2D eigenvalue weighted by Gasteiger charge is 2.12. The number of nitrogens with zero attached hydrogens (tertiary/aromatic N) is 1. The van der Waals surface area contributed by atoms with Crippen LogP contribution >= 0.6 is 0 Å². The third-order valence-electron chi connectivity index (χ3n) is 2.41. The zero-order chi connectivity index (χ0) is 12.1. The maximum absolute atomic E-state index is 13.5. The minimum absolute atomic E-state index is 0.290. The molecule has 0 fully saturated rings. The van der Waals surface area contributed by atoms with E-state index in [-0.39, 0.29) is 5.69 Å². The Labute approximate surface area is 94.5 Å². The van der Waals surface area contributed by atoms with Gasteiger partial charge in [0.1, 0.15) is 5.82 Å². The van der Waals surface area contributed by atoms with E-state index in [1.165, 1.54) is 12.1 Å². The first-order chi connectivity index (χ1) is 7.56. The van der Waals surface area contributed by atoms with Gasteiger partial charge in [0.15, 0.2) is 6.29 Å². The van der Waals surface area contributed by atoms with Crippen molar-refractivity contribution < 1.29 is 14.3 Å². The summed E-state index contributed by atoms with van der Waals surface area (Å²) >= 11 is 0. The number of hydrogen-bond acceptors (Lipinski definition) is 3. The Kier molecular flexibility index (Phi) is 4.43. The van der Waals surface area contributed by atoms with Crippen LogP contribution in [0.3, 0.4) is 0 Å². The van der Waals surface area contributed by atoms with Gasteiger partial charge in [-0.1, -0.05) is 6.07 Å². The molecule has 0 saturated carbocycles. The molecule has 0 aliphatic carbocycles. The molecule has 1 N–H and O–H groups in total. The predicted molar refractivity (Wildman–Crippen MR) is 61.4 cm³/mol. The summed E-state index contributed by atoms with van der Waals surface area (Å²) in [7, 11) is 1.70. The van der Waals surface area contributed by atoms with Crippen molar-refractivity contribution in [3.63, 3.8) is 0 Å². The van der Waals surface area contributed by atoms with Crippen LogP contribution in [0.5, 0.6) is 0 Å². The molecule has 0 amide bonds. The van der Waals surface area contributed by atoms with E-state index < -0.39 is 11.9 Å². The molecular formula is C12H16FNO2. The molecule has 0 aromatic heterocycles. The van der Waals surface area contributed by atoms with Gasteiger partial charge in [-0.15, -0.1) is 0 Å². The van der Waals surface area contributed by atoms with Gasteiger partial charge in [0.2, 0.25) is 0 Å². The van der Waals surface area contributed by atoms with E-state index in [2.05, 4.69) is 0 Å². The highest BCUT2D eigenvalue weighted by Crippen LogP contribution is 2.22. The smallest absolute Gasteiger partial charge is 0.152 e. The Hall–Kier alpha value is -1.42. The van der Waals surface area contributed by atoms with E-state index in [0.717, 1.165) is 0 Å². The van der Waals surface area contributed by atoms with Gasteiger partial charge in [0, 0.05) is 19.2 Å². The molecule has 0 aliphatic rings. The Morgan fingerprint density at radius 2 is 2.25 bits per heavy atom. The fourth-order valence-corrected chi connectivity index (χ4v) is 1.52. The van der Waals surface area contributed by atoms with E-state index >= 15 is 0 Å². The quantitative estimate of drug-likeness (QED) is 0.777. The molecule has 0 bridgehead atoms. The average Bonchev–Trinajstić information content (AvgIpc) is 2.25. The van der Waals surface area contributed by atoms with Gasteiger partial charge in [0.25, 0.3) is 0 Å². The van der Waals surface area contributed by atoms with E-state index in [1.807, 2.05) is 0 Å². The van der Waals surface area contributed by atoms with E-state index in [0.29, 0.717) is 24.8 Å². The van der Waals surface area contributed by atoms with E-state index in [9.17, 15) is 9.18 Å². The van der Waals surface area contributed by atoms with E-state index in [4.69, 9.17) is 5.11 Å². The summed E-state index contributed by atoms with van der Waals surface area (Å²) in [5.41, 5.74) is 0.617. The first-order valence-electron chi connectivity index (χ1n) is 5.19. The van der Waals surface area contributed by atoms with Crippen LogP contribution in [0.2, 0.25) is 0 Å². The van der Waals surface area contributed by atoms with Crippen molar-refractivity contribution in [2.45, 2.75) is 19.4 Å². The second-order valence-corrected chi connectivity index (χ2v) is 3.85. The molecule has 3 nitrogen and oxygen atoms in total. The second-order valence-electron chi connectivity index (χ2n) is 3.85. The zero-order valence-electron chi connectivity index (χ0n) is 9.48. The SMILES string of the molecule is CC(O)CCN(C)c1c(F)cccc1C=O. The van der Waals surface area contributed by atoms with Crippen LogP contribution in [-0.2, 0) is 0 Å². The molecule has 1 unspecified atom stereocenters. The van der Waals surface area contributed by atoms with Gasteiger partial charge < -0.3 is 10.0 Å². The number of aliphatic hydroxyl groups is 1. The van der Waals surface area contributed by atoms with Gasteiger partial charge in [-0.05, 0) is 25.5 Å². The summed E-state index contributed by atoms with van der Waals surface area (Å²) in [6, 6.07) is 4.40. The lowest BCUT2D eigenvalue weighted by Crippen LogP contribution is -2.24. The zero-order valence-corrected chi connectivity index (χ0v) is 9.48. The molecule has 88 valence electrons. The molecule has 0 spiro atoms. The number of carbonyl (C=O) groups is 1. The molecule has 1 rings (SSSR count). The molecule has 1 aromatic carbocycles. The van der Waals surface area contributed by atoms with Crippen LogP contribution in [0.4, 0.5) is 10.1 Å². The van der Waals surface area contributed by atoms with Gasteiger partial charge in [-0.25, -0.2) is 4.39 Å². The summed E-state index contributed by atoms with van der Waals surface area (Å²) in [5, 5.41) is 9.15. The number of rotatable bonds is 5. The maximum atomic E-state index is 13.5. The average molecular weight is 225 g/mol. The Balaban J connectivity index is 2.88. The lowest BCUT2D eigenvalue weighted by atomic mass is 10.1. The van der Waals surface area contributed by atoms with E-state index in [1.54, 1.807) is 24.9 Å². The number of aldehydes is 1. The summed E-state index contributed by atoms with van der Waals surface area (Å²) < 4.78 is 13.5. The Bertz CT molecular complexity index is 366. The highest BCUT2D eigenvalue weighted by atomic mass is 19.1. The lowest BCUT2D eigenvalue weighted by Gasteiger charge is -2.22. The molecule has 0 heterocycles. The molecular weight excluding hydrogens is 209 g/mol. The summed E-state index contributed by atoms with van der Waals surface area (Å²) in [4.78, 5) is 12.4. The summed E-state index contributed by atoms with van der Waals surface area (Å²) in [6.45, 7) is 2.18. The van der Waals surface area contributed by atoms with Crippen molar-refractivity contribution in [1.82, 2.24) is 0 Å². The fraction of sp³-hybridized carbons (Fsp3) is 0.417. The largest absolute Gasteiger partial charge is 0.393 e. The van der Waals surface area contributed by atoms with Crippen molar-refractivity contribution in [2.75, 3.05) is 18.5 Å². The monoisotopic (exact) mass is 225 g/mol. The van der Waals surface area contributed by atoms with Crippen LogP contribution < -0.4 is 4.90 Å². The maximum Gasteiger partial charge on any atom is 0.152 e. The lowest BCUT2D eigenvalue weighted by molar-refractivity contribution is 0.112. The summed E-state index contributed by atoms with van der Waals surface area (Å²) in [6.07, 6.45) is 0.731. The van der Waals surface area contributed by atoms with Crippen LogP contribution in [0.1, 0.15) is 23.7 Å². The first-order valence-corrected chi connectivity index (χ1v) is 5.19. The minimum atomic E-state index is -0.436. The number of aliphatic hydroxyl groups excluding tert-OH is 1. The minimum Gasteiger partial charge on any atom is -0.393 e. The Morgan fingerprint density at radius 3 is 2.81 bits per heavy atom. The fourth-order valence-electron chi connectivity index (χ4n) is 1.52. The molecule has 1 aromatic rings. The van der Waals surface area contributed by atoms with Gasteiger partial charge in [0.05, 0.1) is 11.8 Å². The van der Waals surface area contributed by atoms with Gasteiger partial charge >= 0.3 is 0 Å². The van der Waals surface area contributed by atoms with Crippen molar-refractivity contribution in [1.29, 1.82) is 0 Å². The third-order valence-corrected chi connectivity index (χ3v) is 2.41. The first kappa shape index (κ1) is 12.6. The molecule has 1 atom stereocenters. The number of para-hydroxylation sites is 1. The van der Waals surface area contributed by atoms with Gasteiger partial charge in [-0.2, -0.15) is 0 Å². The normalized spacial score (nSPS) is 12.2. The number of hydrogen-bond donors (Lipinski definition) is 1. The summed E-state index contributed by atoms with van der Waals surface area (Å²) in [5.74, 6) is -0.419. The molecule has 4 heteroatoms. The molecule has 0 aliphatic heterocycles. The predicted octanol–water partition coefficient (Wildman–Crippen LogP) is 1.85. The standard InChI is InChI=1S/C12H16FNO2/c1-9(16)6-7-14(2)12-10(8-15)4-3-5-11(12)13/h3-5,8-9,16H,6-7H2,1-2H3. The van der Waals surface area contributed by atoms with Crippen LogP contribution in [0, 0.1) is 5.82 Å². The topological polar surface area (TPSA) is 40.5 Å². The van der Waals surface area contributed by atoms with Gasteiger partial charge in [-0.3, -0.25) is 4.79 Å². The van der Waals surface area contributed by atoms with Crippen molar-refractivity contribution in [3.8, 4) is 0 Å². The van der Waals surface area contributed by atoms with Crippen LogP contribution in [0.15, 0.2) is 18.2 Å². The molecule has 0 saturated heterocycles. The number of anilines is 1.